The molecule has 0 aromatic carbocycles. The Balaban J connectivity index is 1.76. The Labute approximate surface area is 130 Å². The average Bonchev–Trinajstić information content (AvgIpc) is 2.97. The van der Waals surface area contributed by atoms with Crippen LogP contribution < -0.4 is 5.32 Å². The predicted molar refractivity (Wildman–Crippen MR) is 84.6 cm³/mol. The first-order valence-corrected chi connectivity index (χ1v) is 8.97. The number of hydrogen-bond donors (Lipinski definition) is 2. The van der Waals surface area contributed by atoms with Gasteiger partial charge in [0.1, 0.15) is 0 Å². The van der Waals surface area contributed by atoms with E-state index in [4.69, 9.17) is 5.11 Å². The first-order valence-electron chi connectivity index (χ1n) is 7.92. The van der Waals surface area contributed by atoms with Gasteiger partial charge in [-0.05, 0) is 43.3 Å². The number of carboxylic acids is 1. The zero-order valence-corrected chi connectivity index (χ0v) is 13.5. The molecule has 6 heteroatoms. The van der Waals surface area contributed by atoms with E-state index in [2.05, 4.69) is 5.32 Å². The van der Waals surface area contributed by atoms with Gasteiger partial charge in [0.15, 0.2) is 0 Å². The minimum absolute atomic E-state index is 0.0229. The van der Waals surface area contributed by atoms with E-state index in [1.807, 2.05) is 23.6 Å². The van der Waals surface area contributed by atoms with Crippen molar-refractivity contribution in [2.75, 3.05) is 25.4 Å². The van der Waals surface area contributed by atoms with Gasteiger partial charge in [-0.3, -0.25) is 4.79 Å². The molecule has 2 fully saturated rings. The lowest BCUT2D eigenvalue weighted by molar-refractivity contribution is -0.138. The maximum atomic E-state index is 12.2. The Morgan fingerprint density at radius 1 is 1.38 bits per heavy atom. The second-order valence-electron chi connectivity index (χ2n) is 6.24. The highest BCUT2D eigenvalue weighted by Crippen LogP contribution is 2.27. The fourth-order valence-corrected chi connectivity index (χ4v) is 4.42. The lowest BCUT2D eigenvalue weighted by atomic mass is 9.85. The van der Waals surface area contributed by atoms with Crippen LogP contribution >= 0.6 is 11.8 Å². The van der Waals surface area contributed by atoms with Crippen LogP contribution in [0.3, 0.4) is 0 Å². The van der Waals surface area contributed by atoms with Gasteiger partial charge in [-0.15, -0.1) is 0 Å². The molecule has 2 aliphatic heterocycles. The van der Waals surface area contributed by atoms with Crippen molar-refractivity contribution in [2.45, 2.75) is 44.3 Å². The third-order valence-corrected chi connectivity index (χ3v) is 5.95. The summed E-state index contributed by atoms with van der Waals surface area (Å²) < 4.78 is 0. The average molecular weight is 314 g/mol. The molecular formula is C15H26N2O3S. The molecule has 0 bridgehead atoms. The maximum Gasteiger partial charge on any atom is 0.317 e. The molecule has 2 saturated heterocycles. The molecule has 0 aromatic heterocycles. The highest BCUT2D eigenvalue weighted by Gasteiger charge is 2.28. The van der Waals surface area contributed by atoms with Gasteiger partial charge in [0, 0.05) is 31.3 Å². The van der Waals surface area contributed by atoms with Gasteiger partial charge in [0.25, 0.3) is 0 Å². The van der Waals surface area contributed by atoms with Crippen molar-refractivity contribution >= 4 is 23.8 Å². The monoisotopic (exact) mass is 314 g/mol. The van der Waals surface area contributed by atoms with Crippen molar-refractivity contribution < 1.29 is 14.7 Å². The zero-order valence-electron chi connectivity index (χ0n) is 12.7. The minimum atomic E-state index is -0.748. The molecule has 0 spiro atoms. The topological polar surface area (TPSA) is 69.6 Å². The number of hydrogen-bond acceptors (Lipinski definition) is 3. The SMILES string of the molecule is CC(CC(=O)O)C1CCCN(C(=O)NCC2CCCS2)C1. The highest BCUT2D eigenvalue weighted by atomic mass is 32.2. The number of carbonyl (C=O) groups excluding carboxylic acids is 1. The largest absolute Gasteiger partial charge is 0.481 e. The van der Waals surface area contributed by atoms with Gasteiger partial charge < -0.3 is 15.3 Å². The number of carboxylic acid groups (broad SMARTS) is 1. The number of amides is 2. The standard InChI is InChI=1S/C15H26N2O3S/c1-11(8-14(18)19)12-4-2-6-17(10-12)15(20)16-9-13-5-3-7-21-13/h11-13H,2-10H2,1H3,(H,16,20)(H,18,19). The van der Waals surface area contributed by atoms with Crippen LogP contribution in [0.25, 0.3) is 0 Å². The number of nitrogens with zero attached hydrogens (tertiary/aromatic N) is 1. The summed E-state index contributed by atoms with van der Waals surface area (Å²) in [4.78, 5) is 24.9. The second kappa shape index (κ2) is 7.92. The molecule has 2 aliphatic rings. The van der Waals surface area contributed by atoms with E-state index in [1.165, 1.54) is 18.6 Å². The van der Waals surface area contributed by atoms with E-state index >= 15 is 0 Å². The molecule has 2 rings (SSSR count). The number of rotatable bonds is 5. The van der Waals surface area contributed by atoms with E-state index in [1.54, 1.807) is 0 Å². The van der Waals surface area contributed by atoms with Gasteiger partial charge >= 0.3 is 12.0 Å². The molecule has 0 aliphatic carbocycles. The molecule has 0 saturated carbocycles. The molecule has 0 radical (unpaired) electrons. The summed E-state index contributed by atoms with van der Waals surface area (Å²) in [5.41, 5.74) is 0. The highest BCUT2D eigenvalue weighted by molar-refractivity contribution is 8.00. The molecule has 0 aromatic rings. The number of aliphatic carboxylic acids is 1. The van der Waals surface area contributed by atoms with Gasteiger partial charge in [-0.1, -0.05) is 6.92 Å². The lowest BCUT2D eigenvalue weighted by Gasteiger charge is -2.35. The molecule has 2 amide bonds. The lowest BCUT2D eigenvalue weighted by Crippen LogP contribution is -2.47. The quantitative estimate of drug-likeness (QED) is 0.817. The van der Waals surface area contributed by atoms with E-state index in [-0.39, 0.29) is 18.4 Å². The predicted octanol–water partition coefficient (Wildman–Crippen LogP) is 2.41. The van der Waals surface area contributed by atoms with Crippen molar-refractivity contribution in [1.29, 1.82) is 0 Å². The molecule has 2 N–H and O–H groups in total. The Hall–Kier alpha value is -0.910. The Kier molecular flexibility index (Phi) is 6.21. The van der Waals surface area contributed by atoms with Crippen molar-refractivity contribution in [3.05, 3.63) is 0 Å². The van der Waals surface area contributed by atoms with E-state index < -0.39 is 5.97 Å². The van der Waals surface area contributed by atoms with Crippen LogP contribution in [-0.2, 0) is 4.79 Å². The third-order valence-electron chi connectivity index (χ3n) is 4.55. The maximum absolute atomic E-state index is 12.2. The molecule has 21 heavy (non-hydrogen) atoms. The summed E-state index contributed by atoms with van der Waals surface area (Å²) in [6.07, 6.45) is 4.64. The fourth-order valence-electron chi connectivity index (χ4n) is 3.22. The number of carbonyl (C=O) groups is 2. The van der Waals surface area contributed by atoms with Crippen LogP contribution in [0, 0.1) is 11.8 Å². The number of thioether (sulfide) groups is 1. The van der Waals surface area contributed by atoms with Gasteiger partial charge in [0.2, 0.25) is 0 Å². The second-order valence-corrected chi connectivity index (χ2v) is 7.65. The first kappa shape index (κ1) is 16.5. The Bertz CT molecular complexity index is 372. The van der Waals surface area contributed by atoms with Gasteiger partial charge in [0.05, 0.1) is 0 Å². The summed E-state index contributed by atoms with van der Waals surface area (Å²) in [5, 5.41) is 12.5. The minimum Gasteiger partial charge on any atom is -0.481 e. The summed E-state index contributed by atoms with van der Waals surface area (Å²) in [6, 6.07) is 0.0229. The molecule has 3 atom stereocenters. The van der Waals surface area contributed by atoms with Gasteiger partial charge in [-0.2, -0.15) is 11.8 Å². The number of urea groups is 1. The third kappa shape index (κ3) is 5.09. The van der Waals surface area contributed by atoms with Crippen molar-refractivity contribution in [2.24, 2.45) is 11.8 Å². The summed E-state index contributed by atoms with van der Waals surface area (Å²) in [7, 11) is 0. The summed E-state index contributed by atoms with van der Waals surface area (Å²) in [5.74, 6) is 0.895. The fraction of sp³-hybridized carbons (Fsp3) is 0.867. The summed E-state index contributed by atoms with van der Waals surface area (Å²) in [6.45, 7) is 4.22. The zero-order chi connectivity index (χ0) is 15.2. The van der Waals surface area contributed by atoms with E-state index in [0.717, 1.165) is 25.9 Å². The molecule has 120 valence electrons. The number of nitrogens with one attached hydrogen (secondary N) is 1. The summed E-state index contributed by atoms with van der Waals surface area (Å²) >= 11 is 1.94. The van der Waals surface area contributed by atoms with Crippen molar-refractivity contribution in [3.63, 3.8) is 0 Å². The Morgan fingerprint density at radius 3 is 2.86 bits per heavy atom. The van der Waals surface area contributed by atoms with Crippen molar-refractivity contribution in [1.82, 2.24) is 10.2 Å². The number of piperidine rings is 1. The molecule has 5 nitrogen and oxygen atoms in total. The van der Waals surface area contributed by atoms with Crippen LogP contribution in [0.4, 0.5) is 4.79 Å². The van der Waals surface area contributed by atoms with Crippen LogP contribution in [-0.4, -0.2) is 52.6 Å². The normalized spacial score (nSPS) is 27.4. The van der Waals surface area contributed by atoms with Crippen LogP contribution in [0.1, 0.15) is 39.0 Å². The molecule has 3 unspecified atom stereocenters. The molecular weight excluding hydrogens is 288 g/mol. The van der Waals surface area contributed by atoms with E-state index in [9.17, 15) is 9.59 Å². The molecule has 2 heterocycles. The smallest absolute Gasteiger partial charge is 0.317 e. The van der Waals surface area contributed by atoms with Crippen LogP contribution in [0.2, 0.25) is 0 Å². The van der Waals surface area contributed by atoms with E-state index in [0.29, 0.717) is 17.7 Å². The first-order chi connectivity index (χ1) is 10.1. The van der Waals surface area contributed by atoms with Crippen molar-refractivity contribution in [3.8, 4) is 0 Å². The van der Waals surface area contributed by atoms with Crippen LogP contribution in [0.15, 0.2) is 0 Å². The van der Waals surface area contributed by atoms with Gasteiger partial charge in [-0.25, -0.2) is 4.79 Å². The number of likely N-dealkylation sites (tertiary alicyclic amines) is 1. The van der Waals surface area contributed by atoms with Crippen LogP contribution in [0.5, 0.6) is 0 Å². The Morgan fingerprint density at radius 2 is 2.19 bits per heavy atom.